The molecule has 1 aromatic heterocycles. The van der Waals surface area contributed by atoms with Crippen LogP contribution in [0.2, 0.25) is 0 Å². The zero-order valence-electron chi connectivity index (χ0n) is 24.2. The zero-order valence-corrected chi connectivity index (χ0v) is 24.2. The average molecular weight is 588 g/mol. The number of methoxy groups -OCH3 is 1. The molecule has 0 fully saturated rings. The largest absolute Gasteiger partial charge is 0.497 e. The number of likely N-dealkylation sites (N-methyl/N-ethyl adjacent to an activating group) is 1. The molecule has 3 aromatic carbocycles. The number of para-hydroxylation sites is 1. The molecule has 3 N–H and O–H groups in total. The fourth-order valence-corrected chi connectivity index (χ4v) is 4.66. The maximum atomic E-state index is 15.0. The van der Waals surface area contributed by atoms with E-state index in [0.29, 0.717) is 46.9 Å². The first-order valence-corrected chi connectivity index (χ1v) is 13.5. The maximum Gasteiger partial charge on any atom is 0.328 e. The van der Waals surface area contributed by atoms with Crippen molar-refractivity contribution in [3.8, 4) is 17.0 Å². The Morgan fingerprint density at radius 2 is 1.79 bits per heavy atom. The summed E-state index contributed by atoms with van der Waals surface area (Å²) >= 11 is 0. The van der Waals surface area contributed by atoms with Crippen molar-refractivity contribution in [1.82, 2.24) is 20.2 Å². The van der Waals surface area contributed by atoms with Crippen LogP contribution in [0, 0.1) is 18.6 Å². The first-order valence-electron chi connectivity index (χ1n) is 13.5. The summed E-state index contributed by atoms with van der Waals surface area (Å²) in [6, 6.07) is 14.8. The molecule has 0 bridgehead atoms. The highest BCUT2D eigenvalue weighted by Crippen LogP contribution is 2.39. The molecule has 0 radical (unpaired) electrons. The Hall–Kier alpha value is -5.10. The van der Waals surface area contributed by atoms with Crippen LogP contribution in [0.4, 0.5) is 36.7 Å². The van der Waals surface area contributed by atoms with Gasteiger partial charge in [0.1, 0.15) is 23.1 Å². The average Bonchev–Trinajstić information content (AvgIpc) is 2.98. The quantitative estimate of drug-likeness (QED) is 0.243. The van der Waals surface area contributed by atoms with Gasteiger partial charge in [-0.05, 0) is 75.1 Å². The van der Waals surface area contributed by atoms with Crippen molar-refractivity contribution in [2.45, 2.75) is 13.5 Å². The van der Waals surface area contributed by atoms with E-state index in [9.17, 15) is 18.4 Å². The van der Waals surface area contributed by atoms with E-state index in [1.807, 2.05) is 25.9 Å². The SMILES string of the molecule is COc1ccc(NC(=O)c2ccc(C)c(-c3nc(NCCN(C)C)nc4c3CNC(=O)N4c3c(F)cccc3F)c2)cc1. The Labute approximate surface area is 247 Å². The van der Waals surface area contributed by atoms with Crippen LogP contribution in [0.15, 0.2) is 60.7 Å². The number of ether oxygens (including phenoxy) is 1. The number of aromatic nitrogens is 2. The van der Waals surface area contributed by atoms with Crippen molar-refractivity contribution in [2.75, 3.05) is 49.8 Å². The smallest absolute Gasteiger partial charge is 0.328 e. The molecule has 0 saturated heterocycles. The standard InChI is InChI=1S/C31H31F2N7O3/c1-18-8-9-19(29(41)36-20-10-12-21(43-4)13-11-20)16-22(18)26-23-17-35-31(42)40(27-24(32)6-5-7-25(27)33)28(23)38-30(37-26)34-14-15-39(2)3/h5-13,16H,14-15,17H2,1-4H3,(H,35,42)(H,36,41)(H,34,37,38). The van der Waals surface area contributed by atoms with Gasteiger partial charge in [0.15, 0.2) is 5.82 Å². The molecule has 0 saturated carbocycles. The zero-order chi connectivity index (χ0) is 30.7. The molecule has 0 atom stereocenters. The Balaban J connectivity index is 1.61. The first kappa shape index (κ1) is 29.4. The van der Waals surface area contributed by atoms with Crippen molar-refractivity contribution in [2.24, 2.45) is 0 Å². The third-order valence-corrected chi connectivity index (χ3v) is 6.92. The number of halogens is 2. The van der Waals surface area contributed by atoms with Gasteiger partial charge >= 0.3 is 6.03 Å². The second-order valence-electron chi connectivity index (χ2n) is 10.2. The van der Waals surface area contributed by atoms with Crippen LogP contribution in [-0.4, -0.2) is 61.1 Å². The first-order chi connectivity index (χ1) is 20.7. The van der Waals surface area contributed by atoms with Crippen LogP contribution in [0.1, 0.15) is 21.5 Å². The molecule has 43 heavy (non-hydrogen) atoms. The summed E-state index contributed by atoms with van der Waals surface area (Å²) in [4.78, 5) is 38.5. The number of aryl methyl sites for hydroxylation is 1. The minimum absolute atomic E-state index is 0.00968. The molecule has 1 aliphatic heterocycles. The van der Waals surface area contributed by atoms with Crippen LogP contribution in [0.25, 0.3) is 11.3 Å². The minimum atomic E-state index is -0.918. The molecule has 10 nitrogen and oxygen atoms in total. The van der Waals surface area contributed by atoms with E-state index in [1.165, 1.54) is 6.07 Å². The van der Waals surface area contributed by atoms with Crippen LogP contribution >= 0.6 is 0 Å². The lowest BCUT2D eigenvalue weighted by molar-refractivity contribution is 0.102. The molecule has 0 aliphatic carbocycles. The number of nitrogens with one attached hydrogen (secondary N) is 3. The van der Waals surface area contributed by atoms with E-state index in [-0.39, 0.29) is 24.2 Å². The summed E-state index contributed by atoms with van der Waals surface area (Å²) in [6.45, 7) is 3.00. The van der Waals surface area contributed by atoms with Gasteiger partial charge in [0.05, 0.1) is 19.3 Å². The Morgan fingerprint density at radius 1 is 1.07 bits per heavy atom. The lowest BCUT2D eigenvalue weighted by atomic mass is 9.97. The van der Waals surface area contributed by atoms with E-state index < -0.39 is 23.4 Å². The maximum absolute atomic E-state index is 15.0. The molecule has 12 heteroatoms. The number of nitrogens with zero attached hydrogens (tertiary/aromatic N) is 4. The fourth-order valence-electron chi connectivity index (χ4n) is 4.66. The van der Waals surface area contributed by atoms with Gasteiger partial charge in [-0.2, -0.15) is 4.98 Å². The topological polar surface area (TPSA) is 112 Å². The lowest BCUT2D eigenvalue weighted by Gasteiger charge is -2.31. The van der Waals surface area contributed by atoms with Crippen molar-refractivity contribution < 1.29 is 23.1 Å². The summed E-state index contributed by atoms with van der Waals surface area (Å²) < 4.78 is 35.1. The van der Waals surface area contributed by atoms with Gasteiger partial charge in [0.25, 0.3) is 5.91 Å². The van der Waals surface area contributed by atoms with Crippen molar-refractivity contribution in [3.05, 3.63) is 89.0 Å². The third-order valence-electron chi connectivity index (χ3n) is 6.92. The highest BCUT2D eigenvalue weighted by Gasteiger charge is 2.34. The van der Waals surface area contributed by atoms with Gasteiger partial charge in [-0.15, -0.1) is 0 Å². The van der Waals surface area contributed by atoms with Crippen LogP contribution in [0.5, 0.6) is 5.75 Å². The molecular weight excluding hydrogens is 556 g/mol. The number of carbonyl (C=O) groups excluding carboxylic acids is 2. The second-order valence-corrected chi connectivity index (χ2v) is 10.2. The molecule has 1 aliphatic rings. The lowest BCUT2D eigenvalue weighted by Crippen LogP contribution is -2.43. The van der Waals surface area contributed by atoms with Crippen molar-refractivity contribution >= 4 is 35.1 Å². The number of benzene rings is 3. The molecule has 0 spiro atoms. The number of amides is 3. The normalized spacial score (nSPS) is 12.5. The predicted molar refractivity (Wildman–Crippen MR) is 161 cm³/mol. The summed E-state index contributed by atoms with van der Waals surface area (Å²) in [5, 5.41) is 8.71. The summed E-state index contributed by atoms with van der Waals surface area (Å²) in [5.74, 6) is -1.31. The second kappa shape index (κ2) is 12.4. The summed E-state index contributed by atoms with van der Waals surface area (Å²) in [6.07, 6.45) is 0. The molecule has 3 amide bonds. The Morgan fingerprint density at radius 3 is 2.47 bits per heavy atom. The predicted octanol–water partition coefficient (Wildman–Crippen LogP) is 5.33. The highest BCUT2D eigenvalue weighted by atomic mass is 19.1. The van der Waals surface area contributed by atoms with Gasteiger partial charge in [-0.25, -0.2) is 23.5 Å². The van der Waals surface area contributed by atoms with Crippen LogP contribution in [-0.2, 0) is 6.54 Å². The van der Waals surface area contributed by atoms with Gasteiger partial charge in [-0.1, -0.05) is 12.1 Å². The van der Waals surface area contributed by atoms with Crippen LogP contribution in [0.3, 0.4) is 0 Å². The van der Waals surface area contributed by atoms with Gasteiger partial charge < -0.3 is 25.6 Å². The molecule has 222 valence electrons. The molecule has 2 heterocycles. The molecule has 4 aromatic rings. The molecule has 5 rings (SSSR count). The molecular formula is C31H31F2N7O3. The van der Waals surface area contributed by atoms with E-state index in [4.69, 9.17) is 9.72 Å². The van der Waals surface area contributed by atoms with E-state index >= 15 is 0 Å². The number of anilines is 4. The number of carbonyl (C=O) groups is 2. The number of rotatable bonds is 9. The number of hydrogen-bond acceptors (Lipinski definition) is 7. The van der Waals surface area contributed by atoms with Crippen molar-refractivity contribution in [1.29, 1.82) is 0 Å². The van der Waals surface area contributed by atoms with Gasteiger partial charge in [-0.3, -0.25) is 4.79 Å². The summed E-state index contributed by atoms with van der Waals surface area (Å²) in [7, 11) is 5.40. The highest BCUT2D eigenvalue weighted by molar-refractivity contribution is 6.06. The van der Waals surface area contributed by atoms with E-state index in [2.05, 4.69) is 20.9 Å². The number of fused-ring (bicyclic) bond motifs is 1. The number of urea groups is 1. The summed E-state index contributed by atoms with van der Waals surface area (Å²) in [5.41, 5.74) is 2.65. The van der Waals surface area contributed by atoms with E-state index in [0.717, 1.165) is 22.6 Å². The Kier molecular flexibility index (Phi) is 8.48. The van der Waals surface area contributed by atoms with Gasteiger partial charge in [0, 0.05) is 35.5 Å². The minimum Gasteiger partial charge on any atom is -0.497 e. The fraction of sp³-hybridized carbons (Fsp3) is 0.226. The van der Waals surface area contributed by atoms with Crippen molar-refractivity contribution in [3.63, 3.8) is 0 Å². The van der Waals surface area contributed by atoms with E-state index in [1.54, 1.807) is 49.6 Å². The molecule has 0 unspecified atom stereocenters. The Bertz CT molecular complexity index is 1660. The number of hydrogen-bond donors (Lipinski definition) is 3. The monoisotopic (exact) mass is 587 g/mol. The van der Waals surface area contributed by atoms with Gasteiger partial charge in [0.2, 0.25) is 5.95 Å². The third kappa shape index (κ3) is 6.24. The van der Waals surface area contributed by atoms with Crippen LogP contribution < -0.4 is 25.6 Å².